The molecule has 1 unspecified atom stereocenters. The summed E-state index contributed by atoms with van der Waals surface area (Å²) in [5.74, 6) is 0. The summed E-state index contributed by atoms with van der Waals surface area (Å²) in [4.78, 5) is 0. The van der Waals surface area contributed by atoms with E-state index >= 15 is 0 Å². The highest BCUT2D eigenvalue weighted by Gasteiger charge is 2.10. The number of hydrogen-bond donors (Lipinski definition) is 1. The standard InChI is InChI=1S/C6H12O2.CH4O/c1-7-6-4-2-3-5-8-6;1-2/h6H,2-5H2,1H3;2H,1H3. The average molecular weight is 148 g/mol. The van der Waals surface area contributed by atoms with Crippen LogP contribution in [0, 0.1) is 0 Å². The third kappa shape index (κ3) is 3.82. The van der Waals surface area contributed by atoms with Gasteiger partial charge in [-0.1, -0.05) is 0 Å². The maximum atomic E-state index is 7.00. The fraction of sp³-hybridized carbons (Fsp3) is 1.00. The van der Waals surface area contributed by atoms with Crippen molar-refractivity contribution in [3.05, 3.63) is 0 Å². The van der Waals surface area contributed by atoms with Crippen LogP contribution in [-0.4, -0.2) is 32.2 Å². The number of hydrogen-bond acceptors (Lipinski definition) is 3. The molecule has 1 saturated heterocycles. The van der Waals surface area contributed by atoms with Crippen molar-refractivity contribution < 1.29 is 14.6 Å². The summed E-state index contributed by atoms with van der Waals surface area (Å²) < 4.78 is 10.2. The van der Waals surface area contributed by atoms with Gasteiger partial charge >= 0.3 is 0 Å². The van der Waals surface area contributed by atoms with Gasteiger partial charge in [0.05, 0.1) is 0 Å². The zero-order valence-corrected chi connectivity index (χ0v) is 6.67. The second-order valence-corrected chi connectivity index (χ2v) is 2.03. The molecule has 1 heterocycles. The molecule has 3 nitrogen and oxygen atoms in total. The van der Waals surface area contributed by atoms with Crippen LogP contribution in [0.5, 0.6) is 0 Å². The Kier molecular flexibility index (Phi) is 6.91. The summed E-state index contributed by atoms with van der Waals surface area (Å²) in [5, 5.41) is 7.00. The van der Waals surface area contributed by atoms with E-state index in [-0.39, 0.29) is 6.29 Å². The van der Waals surface area contributed by atoms with E-state index in [1.807, 2.05) is 0 Å². The van der Waals surface area contributed by atoms with E-state index < -0.39 is 0 Å². The lowest BCUT2D eigenvalue weighted by Crippen LogP contribution is -2.20. The molecule has 0 amide bonds. The van der Waals surface area contributed by atoms with Crippen molar-refractivity contribution in [1.82, 2.24) is 0 Å². The Morgan fingerprint density at radius 1 is 1.40 bits per heavy atom. The molecule has 10 heavy (non-hydrogen) atoms. The smallest absolute Gasteiger partial charge is 0.157 e. The normalized spacial score (nSPS) is 24.9. The quantitative estimate of drug-likeness (QED) is 0.597. The Morgan fingerprint density at radius 3 is 2.40 bits per heavy atom. The largest absolute Gasteiger partial charge is 0.400 e. The van der Waals surface area contributed by atoms with E-state index in [0.29, 0.717) is 0 Å². The van der Waals surface area contributed by atoms with Gasteiger partial charge in [-0.15, -0.1) is 0 Å². The average Bonchev–Trinajstić information content (AvgIpc) is 2.10. The molecule has 1 fully saturated rings. The Balaban J connectivity index is 0.000000371. The molecule has 0 bridgehead atoms. The van der Waals surface area contributed by atoms with Crippen molar-refractivity contribution in [1.29, 1.82) is 0 Å². The van der Waals surface area contributed by atoms with Gasteiger partial charge in [0.15, 0.2) is 6.29 Å². The van der Waals surface area contributed by atoms with Gasteiger partial charge in [-0.3, -0.25) is 0 Å². The molecule has 3 heteroatoms. The molecule has 0 aromatic rings. The van der Waals surface area contributed by atoms with E-state index in [0.717, 1.165) is 20.1 Å². The monoisotopic (exact) mass is 148 g/mol. The first-order valence-electron chi connectivity index (χ1n) is 3.52. The first-order chi connectivity index (χ1) is 4.93. The zero-order chi connectivity index (χ0) is 7.82. The minimum absolute atomic E-state index is 0.0868. The third-order valence-electron chi connectivity index (χ3n) is 1.40. The van der Waals surface area contributed by atoms with Gasteiger partial charge in [-0.05, 0) is 19.3 Å². The van der Waals surface area contributed by atoms with Crippen LogP contribution >= 0.6 is 0 Å². The summed E-state index contributed by atoms with van der Waals surface area (Å²) >= 11 is 0. The molecular formula is C7H16O3. The first kappa shape index (κ1) is 9.88. The number of aliphatic hydroxyl groups excluding tert-OH is 1. The predicted octanol–water partition coefficient (Wildman–Crippen LogP) is 0.768. The molecule has 1 rings (SSSR count). The summed E-state index contributed by atoms with van der Waals surface area (Å²) in [6.45, 7) is 0.874. The van der Waals surface area contributed by atoms with Gasteiger partial charge in [-0.2, -0.15) is 0 Å². The molecular weight excluding hydrogens is 132 g/mol. The number of methoxy groups -OCH3 is 1. The Morgan fingerprint density at radius 2 is 2.10 bits per heavy atom. The first-order valence-corrected chi connectivity index (χ1v) is 3.52. The van der Waals surface area contributed by atoms with Gasteiger partial charge in [0.2, 0.25) is 0 Å². The van der Waals surface area contributed by atoms with Crippen molar-refractivity contribution in [3.63, 3.8) is 0 Å². The third-order valence-corrected chi connectivity index (χ3v) is 1.40. The molecule has 0 spiro atoms. The van der Waals surface area contributed by atoms with Crippen LogP contribution in [0.4, 0.5) is 0 Å². The molecule has 1 aliphatic heterocycles. The van der Waals surface area contributed by atoms with Crippen LogP contribution in [0.15, 0.2) is 0 Å². The van der Waals surface area contributed by atoms with Gasteiger partial charge in [-0.25, -0.2) is 0 Å². The zero-order valence-electron chi connectivity index (χ0n) is 6.67. The topological polar surface area (TPSA) is 38.7 Å². The van der Waals surface area contributed by atoms with Crippen molar-refractivity contribution in [3.8, 4) is 0 Å². The molecule has 0 aromatic carbocycles. The molecule has 1 N–H and O–H groups in total. The lowest BCUT2D eigenvalue weighted by atomic mass is 10.2. The van der Waals surface area contributed by atoms with Gasteiger partial charge in [0.1, 0.15) is 0 Å². The van der Waals surface area contributed by atoms with Gasteiger partial charge in [0, 0.05) is 20.8 Å². The van der Waals surface area contributed by atoms with Crippen LogP contribution in [0.25, 0.3) is 0 Å². The number of rotatable bonds is 1. The Bertz CT molecular complexity index is 59.9. The van der Waals surface area contributed by atoms with Gasteiger partial charge < -0.3 is 14.6 Å². The lowest BCUT2D eigenvalue weighted by Gasteiger charge is -2.20. The van der Waals surface area contributed by atoms with E-state index in [1.165, 1.54) is 12.8 Å². The van der Waals surface area contributed by atoms with Crippen LogP contribution in [0.2, 0.25) is 0 Å². The minimum Gasteiger partial charge on any atom is -0.400 e. The fourth-order valence-corrected chi connectivity index (χ4v) is 0.897. The summed E-state index contributed by atoms with van der Waals surface area (Å²) in [5.41, 5.74) is 0. The maximum Gasteiger partial charge on any atom is 0.157 e. The minimum atomic E-state index is 0.0868. The summed E-state index contributed by atoms with van der Waals surface area (Å²) in [6.07, 6.45) is 3.60. The molecule has 0 aromatic heterocycles. The van der Waals surface area contributed by atoms with Crippen LogP contribution in [-0.2, 0) is 9.47 Å². The fourth-order valence-electron chi connectivity index (χ4n) is 0.897. The Labute approximate surface area is 62.0 Å². The van der Waals surface area contributed by atoms with E-state index in [1.54, 1.807) is 7.11 Å². The summed E-state index contributed by atoms with van der Waals surface area (Å²) in [6, 6.07) is 0. The number of aliphatic hydroxyl groups is 1. The highest BCUT2D eigenvalue weighted by Crippen LogP contribution is 2.11. The van der Waals surface area contributed by atoms with Gasteiger partial charge in [0.25, 0.3) is 0 Å². The van der Waals surface area contributed by atoms with Crippen molar-refractivity contribution >= 4 is 0 Å². The van der Waals surface area contributed by atoms with Crippen molar-refractivity contribution in [2.24, 2.45) is 0 Å². The molecule has 1 aliphatic rings. The molecule has 0 radical (unpaired) electrons. The molecule has 0 aliphatic carbocycles. The Hall–Kier alpha value is -0.120. The van der Waals surface area contributed by atoms with Crippen LogP contribution < -0.4 is 0 Å². The maximum absolute atomic E-state index is 7.00. The summed E-state index contributed by atoms with van der Waals surface area (Å²) in [7, 11) is 2.69. The van der Waals surface area contributed by atoms with E-state index in [2.05, 4.69) is 0 Å². The highest BCUT2D eigenvalue weighted by atomic mass is 16.7. The van der Waals surface area contributed by atoms with Crippen molar-refractivity contribution in [2.75, 3.05) is 20.8 Å². The van der Waals surface area contributed by atoms with E-state index in [4.69, 9.17) is 14.6 Å². The predicted molar refractivity (Wildman–Crippen MR) is 38.7 cm³/mol. The lowest BCUT2D eigenvalue weighted by molar-refractivity contribution is -0.145. The SMILES string of the molecule is CO.COC1CCCCO1. The second-order valence-electron chi connectivity index (χ2n) is 2.03. The van der Waals surface area contributed by atoms with E-state index in [9.17, 15) is 0 Å². The molecule has 1 atom stereocenters. The van der Waals surface area contributed by atoms with Crippen LogP contribution in [0.1, 0.15) is 19.3 Å². The molecule has 0 saturated carbocycles. The number of ether oxygens (including phenoxy) is 2. The second kappa shape index (κ2) is 6.99. The highest BCUT2D eigenvalue weighted by molar-refractivity contribution is 4.52. The van der Waals surface area contributed by atoms with Crippen molar-refractivity contribution in [2.45, 2.75) is 25.6 Å². The molecule has 62 valence electrons. The van der Waals surface area contributed by atoms with Crippen LogP contribution in [0.3, 0.4) is 0 Å².